The van der Waals surface area contributed by atoms with Gasteiger partial charge in [-0.2, -0.15) is 0 Å². The highest BCUT2D eigenvalue weighted by Gasteiger charge is 2.23. The summed E-state index contributed by atoms with van der Waals surface area (Å²) in [5.74, 6) is -1.87. The van der Waals surface area contributed by atoms with Crippen LogP contribution in [-0.4, -0.2) is 41.3 Å². The lowest BCUT2D eigenvalue weighted by Crippen LogP contribution is -2.45. The molecule has 2 rings (SSSR count). The van der Waals surface area contributed by atoms with E-state index in [9.17, 15) is 9.18 Å². The lowest BCUT2D eigenvalue weighted by Gasteiger charge is -2.35. The van der Waals surface area contributed by atoms with Gasteiger partial charge in [0.15, 0.2) is 0 Å². The number of carboxylic acids is 1. The SMILES string of the molecule is CC1CN(Cc2cccc(C(=O)O)c2F)CC(C)O1. The van der Waals surface area contributed by atoms with Crippen LogP contribution in [0.2, 0.25) is 0 Å². The van der Waals surface area contributed by atoms with E-state index < -0.39 is 11.8 Å². The molecule has 2 unspecified atom stereocenters. The molecule has 104 valence electrons. The summed E-state index contributed by atoms with van der Waals surface area (Å²) < 4.78 is 19.7. The summed E-state index contributed by atoms with van der Waals surface area (Å²) in [5, 5.41) is 8.91. The van der Waals surface area contributed by atoms with Gasteiger partial charge in [-0.15, -0.1) is 0 Å². The Labute approximate surface area is 111 Å². The third-order valence-electron chi connectivity index (χ3n) is 3.20. The molecular weight excluding hydrogens is 249 g/mol. The van der Waals surface area contributed by atoms with Gasteiger partial charge in [-0.05, 0) is 19.9 Å². The van der Waals surface area contributed by atoms with Crippen LogP contribution in [-0.2, 0) is 11.3 Å². The number of nitrogens with zero attached hydrogens (tertiary/aromatic N) is 1. The highest BCUT2D eigenvalue weighted by Crippen LogP contribution is 2.18. The Kier molecular flexibility index (Phi) is 4.17. The van der Waals surface area contributed by atoms with E-state index in [0.29, 0.717) is 12.1 Å². The fraction of sp³-hybridized carbons (Fsp3) is 0.500. The monoisotopic (exact) mass is 267 g/mol. The minimum Gasteiger partial charge on any atom is -0.478 e. The molecule has 1 heterocycles. The van der Waals surface area contributed by atoms with Crippen molar-refractivity contribution in [2.24, 2.45) is 0 Å². The van der Waals surface area contributed by atoms with Crippen molar-refractivity contribution in [3.8, 4) is 0 Å². The Morgan fingerprint density at radius 2 is 2.05 bits per heavy atom. The van der Waals surface area contributed by atoms with Gasteiger partial charge in [-0.25, -0.2) is 9.18 Å². The maximum atomic E-state index is 14.0. The molecule has 1 N–H and O–H groups in total. The molecule has 0 spiro atoms. The molecule has 4 nitrogen and oxygen atoms in total. The summed E-state index contributed by atoms with van der Waals surface area (Å²) in [4.78, 5) is 13.0. The second-order valence-corrected chi connectivity index (χ2v) is 5.04. The molecule has 1 aromatic carbocycles. The molecule has 1 aliphatic rings. The molecule has 0 saturated carbocycles. The number of benzene rings is 1. The van der Waals surface area contributed by atoms with Crippen LogP contribution in [0.3, 0.4) is 0 Å². The lowest BCUT2D eigenvalue weighted by molar-refractivity contribution is -0.0707. The van der Waals surface area contributed by atoms with Gasteiger partial charge in [0, 0.05) is 25.2 Å². The Morgan fingerprint density at radius 1 is 1.42 bits per heavy atom. The van der Waals surface area contributed by atoms with Gasteiger partial charge in [0.2, 0.25) is 0 Å². The third-order valence-corrected chi connectivity index (χ3v) is 3.20. The average Bonchev–Trinajstić information content (AvgIpc) is 2.30. The van der Waals surface area contributed by atoms with Crippen LogP contribution in [0, 0.1) is 5.82 Å². The molecule has 0 amide bonds. The fourth-order valence-electron chi connectivity index (χ4n) is 2.52. The minimum absolute atomic E-state index is 0.106. The first-order chi connectivity index (χ1) is 8.97. The molecule has 0 aromatic heterocycles. The predicted octanol–water partition coefficient (Wildman–Crippen LogP) is 2.13. The summed E-state index contributed by atoms with van der Waals surface area (Å²) in [6.07, 6.45) is 0.212. The fourth-order valence-corrected chi connectivity index (χ4v) is 2.52. The number of hydrogen-bond donors (Lipinski definition) is 1. The molecule has 1 saturated heterocycles. The van der Waals surface area contributed by atoms with Crippen molar-refractivity contribution in [1.29, 1.82) is 0 Å². The van der Waals surface area contributed by atoms with Gasteiger partial charge in [0.05, 0.1) is 17.8 Å². The first-order valence-corrected chi connectivity index (χ1v) is 6.36. The number of halogens is 1. The van der Waals surface area contributed by atoms with Gasteiger partial charge >= 0.3 is 5.97 Å². The maximum absolute atomic E-state index is 14.0. The first kappa shape index (κ1) is 14.0. The van der Waals surface area contributed by atoms with Crippen LogP contribution in [0.1, 0.15) is 29.8 Å². The maximum Gasteiger partial charge on any atom is 0.338 e. The van der Waals surface area contributed by atoms with Crippen molar-refractivity contribution in [1.82, 2.24) is 4.90 Å². The van der Waals surface area contributed by atoms with E-state index >= 15 is 0 Å². The smallest absolute Gasteiger partial charge is 0.338 e. The van der Waals surface area contributed by atoms with Crippen LogP contribution < -0.4 is 0 Å². The van der Waals surface area contributed by atoms with Crippen LogP contribution in [0.25, 0.3) is 0 Å². The van der Waals surface area contributed by atoms with Gasteiger partial charge in [0.1, 0.15) is 5.82 Å². The molecule has 0 bridgehead atoms. The number of rotatable bonds is 3. The van der Waals surface area contributed by atoms with E-state index in [1.807, 2.05) is 13.8 Å². The second-order valence-electron chi connectivity index (χ2n) is 5.04. The summed E-state index contributed by atoms with van der Waals surface area (Å²) in [7, 11) is 0. The highest BCUT2D eigenvalue weighted by atomic mass is 19.1. The van der Waals surface area contributed by atoms with Crippen LogP contribution in [0.4, 0.5) is 4.39 Å². The van der Waals surface area contributed by atoms with Crippen LogP contribution >= 0.6 is 0 Å². The van der Waals surface area contributed by atoms with E-state index in [2.05, 4.69) is 4.90 Å². The van der Waals surface area contributed by atoms with E-state index in [0.717, 1.165) is 13.1 Å². The lowest BCUT2D eigenvalue weighted by atomic mass is 10.1. The number of hydrogen-bond acceptors (Lipinski definition) is 3. The second kappa shape index (κ2) is 5.67. The third kappa shape index (κ3) is 3.30. The van der Waals surface area contributed by atoms with E-state index in [1.165, 1.54) is 6.07 Å². The first-order valence-electron chi connectivity index (χ1n) is 6.36. The van der Waals surface area contributed by atoms with Crippen molar-refractivity contribution in [2.75, 3.05) is 13.1 Å². The predicted molar refractivity (Wildman–Crippen MR) is 68.6 cm³/mol. The van der Waals surface area contributed by atoms with E-state index in [-0.39, 0.29) is 17.8 Å². The number of morpholine rings is 1. The molecular formula is C14H18FNO3. The minimum atomic E-state index is -1.23. The average molecular weight is 267 g/mol. The molecule has 1 aliphatic heterocycles. The molecule has 19 heavy (non-hydrogen) atoms. The van der Waals surface area contributed by atoms with Crippen LogP contribution in [0.15, 0.2) is 18.2 Å². The Hall–Kier alpha value is -1.46. The molecule has 1 fully saturated rings. The summed E-state index contributed by atoms with van der Waals surface area (Å²) >= 11 is 0. The Balaban J connectivity index is 2.15. The number of carbonyl (C=O) groups is 1. The molecule has 0 aliphatic carbocycles. The highest BCUT2D eigenvalue weighted by molar-refractivity contribution is 5.88. The molecule has 2 atom stereocenters. The van der Waals surface area contributed by atoms with Gasteiger partial charge in [-0.3, -0.25) is 4.90 Å². The van der Waals surface area contributed by atoms with Crippen molar-refractivity contribution in [2.45, 2.75) is 32.6 Å². The normalized spacial score (nSPS) is 24.4. The Bertz CT molecular complexity index is 468. The zero-order valence-electron chi connectivity index (χ0n) is 11.1. The number of aromatic carboxylic acids is 1. The quantitative estimate of drug-likeness (QED) is 0.911. The van der Waals surface area contributed by atoms with Crippen molar-refractivity contribution < 1.29 is 19.0 Å². The van der Waals surface area contributed by atoms with Gasteiger partial charge in [0.25, 0.3) is 0 Å². The van der Waals surface area contributed by atoms with Crippen LogP contribution in [0.5, 0.6) is 0 Å². The Morgan fingerprint density at radius 3 is 2.63 bits per heavy atom. The van der Waals surface area contributed by atoms with E-state index in [1.54, 1.807) is 12.1 Å². The molecule has 5 heteroatoms. The van der Waals surface area contributed by atoms with Crippen molar-refractivity contribution in [3.63, 3.8) is 0 Å². The van der Waals surface area contributed by atoms with Gasteiger partial charge in [-0.1, -0.05) is 12.1 Å². The zero-order chi connectivity index (χ0) is 14.0. The molecule has 1 aromatic rings. The number of carboxylic acid groups (broad SMARTS) is 1. The topological polar surface area (TPSA) is 49.8 Å². The van der Waals surface area contributed by atoms with Crippen molar-refractivity contribution >= 4 is 5.97 Å². The largest absolute Gasteiger partial charge is 0.478 e. The molecule has 0 radical (unpaired) electrons. The zero-order valence-corrected chi connectivity index (χ0v) is 11.1. The standard InChI is InChI=1S/C14H18FNO3/c1-9-6-16(7-10(2)19-9)8-11-4-3-5-12(13(11)15)14(17)18/h3-5,9-10H,6-8H2,1-2H3,(H,17,18). The van der Waals surface area contributed by atoms with Gasteiger partial charge < -0.3 is 9.84 Å². The summed E-state index contributed by atoms with van der Waals surface area (Å²) in [6.45, 7) is 5.81. The number of ether oxygens (including phenoxy) is 1. The summed E-state index contributed by atoms with van der Waals surface area (Å²) in [6, 6.07) is 4.49. The van der Waals surface area contributed by atoms with E-state index in [4.69, 9.17) is 9.84 Å². The van der Waals surface area contributed by atoms with Crippen molar-refractivity contribution in [3.05, 3.63) is 35.1 Å². The summed E-state index contributed by atoms with van der Waals surface area (Å²) in [5.41, 5.74) is 0.146.